The number of ether oxygens (including phenoxy) is 2. The molecule has 116 valence electrons. The SMILES string of the molecule is CO[C@@H]1CCC[C@H]1OC(=O)c1cccc(-c2nnc(C)o2)c1. The zero-order valence-corrected chi connectivity index (χ0v) is 12.6. The van der Waals surface area contributed by atoms with Gasteiger partial charge in [0.1, 0.15) is 6.10 Å². The Bertz CT molecular complexity index is 668. The molecule has 1 aliphatic rings. The molecular formula is C16H18N2O4. The van der Waals surface area contributed by atoms with E-state index in [-0.39, 0.29) is 18.2 Å². The van der Waals surface area contributed by atoms with Crippen molar-refractivity contribution in [2.24, 2.45) is 0 Å². The molecule has 6 heteroatoms. The average Bonchev–Trinajstić information content (AvgIpc) is 3.16. The van der Waals surface area contributed by atoms with Crippen LogP contribution < -0.4 is 0 Å². The molecule has 1 aromatic carbocycles. The summed E-state index contributed by atoms with van der Waals surface area (Å²) in [5.74, 6) is 0.520. The predicted molar refractivity (Wildman–Crippen MR) is 78.3 cm³/mol. The number of methoxy groups -OCH3 is 1. The second-order valence-corrected chi connectivity index (χ2v) is 5.36. The molecule has 0 saturated heterocycles. The predicted octanol–water partition coefficient (Wildman–Crippen LogP) is 2.77. The average molecular weight is 302 g/mol. The van der Waals surface area contributed by atoms with Crippen molar-refractivity contribution in [1.82, 2.24) is 10.2 Å². The van der Waals surface area contributed by atoms with Crippen LogP contribution in [0.1, 0.15) is 35.5 Å². The van der Waals surface area contributed by atoms with Gasteiger partial charge in [-0.15, -0.1) is 10.2 Å². The van der Waals surface area contributed by atoms with Crippen molar-refractivity contribution in [3.8, 4) is 11.5 Å². The lowest BCUT2D eigenvalue weighted by molar-refractivity contribution is -0.0206. The zero-order chi connectivity index (χ0) is 15.5. The minimum Gasteiger partial charge on any atom is -0.456 e. The molecule has 2 atom stereocenters. The van der Waals surface area contributed by atoms with Gasteiger partial charge in [0.05, 0.1) is 11.7 Å². The van der Waals surface area contributed by atoms with Crippen LogP contribution in [0.2, 0.25) is 0 Å². The van der Waals surface area contributed by atoms with Crippen LogP contribution >= 0.6 is 0 Å². The highest BCUT2D eigenvalue weighted by Gasteiger charge is 2.30. The first-order valence-electron chi connectivity index (χ1n) is 7.31. The Morgan fingerprint density at radius 1 is 1.27 bits per heavy atom. The van der Waals surface area contributed by atoms with Crippen molar-refractivity contribution in [2.75, 3.05) is 7.11 Å². The second-order valence-electron chi connectivity index (χ2n) is 5.36. The van der Waals surface area contributed by atoms with Gasteiger partial charge in [0.25, 0.3) is 0 Å². The van der Waals surface area contributed by atoms with Gasteiger partial charge in [0.2, 0.25) is 11.8 Å². The third kappa shape index (κ3) is 3.01. The van der Waals surface area contributed by atoms with Gasteiger partial charge in [-0.2, -0.15) is 0 Å². The first-order valence-corrected chi connectivity index (χ1v) is 7.31. The monoisotopic (exact) mass is 302 g/mol. The van der Waals surface area contributed by atoms with E-state index in [1.807, 2.05) is 6.07 Å². The minimum atomic E-state index is -0.355. The van der Waals surface area contributed by atoms with E-state index in [0.717, 1.165) is 19.3 Å². The quantitative estimate of drug-likeness (QED) is 0.808. The Morgan fingerprint density at radius 3 is 2.82 bits per heavy atom. The summed E-state index contributed by atoms with van der Waals surface area (Å²) in [5.41, 5.74) is 1.17. The maximum atomic E-state index is 12.3. The first kappa shape index (κ1) is 14.7. The van der Waals surface area contributed by atoms with Gasteiger partial charge in [0, 0.05) is 19.6 Å². The molecule has 0 spiro atoms. The summed E-state index contributed by atoms with van der Waals surface area (Å²) in [6, 6.07) is 7.00. The van der Waals surface area contributed by atoms with Crippen LogP contribution in [0, 0.1) is 6.92 Å². The molecule has 22 heavy (non-hydrogen) atoms. The molecular weight excluding hydrogens is 284 g/mol. The summed E-state index contributed by atoms with van der Waals surface area (Å²) in [6.07, 6.45) is 2.60. The lowest BCUT2D eigenvalue weighted by atomic mass is 10.1. The Balaban J connectivity index is 1.75. The van der Waals surface area contributed by atoms with Gasteiger partial charge in [0.15, 0.2) is 0 Å². The zero-order valence-electron chi connectivity index (χ0n) is 12.6. The smallest absolute Gasteiger partial charge is 0.338 e. The molecule has 0 N–H and O–H groups in total. The van der Waals surface area contributed by atoms with Crippen molar-refractivity contribution in [3.63, 3.8) is 0 Å². The van der Waals surface area contributed by atoms with E-state index < -0.39 is 0 Å². The molecule has 0 amide bonds. The fourth-order valence-corrected chi connectivity index (χ4v) is 2.69. The number of aromatic nitrogens is 2. The summed E-state index contributed by atoms with van der Waals surface area (Å²) >= 11 is 0. The number of hydrogen-bond donors (Lipinski definition) is 0. The van der Waals surface area contributed by atoms with Crippen LogP contribution in [0.4, 0.5) is 0 Å². The second kappa shape index (κ2) is 6.27. The van der Waals surface area contributed by atoms with Gasteiger partial charge in [-0.05, 0) is 37.5 Å². The molecule has 0 aliphatic heterocycles. The lowest BCUT2D eigenvalue weighted by Gasteiger charge is -2.18. The highest BCUT2D eigenvalue weighted by atomic mass is 16.6. The molecule has 1 fully saturated rings. The van der Waals surface area contributed by atoms with Gasteiger partial charge in [-0.3, -0.25) is 0 Å². The number of aryl methyl sites for hydroxylation is 1. The normalized spacial score (nSPS) is 21.0. The van der Waals surface area contributed by atoms with E-state index in [0.29, 0.717) is 22.9 Å². The Kier molecular flexibility index (Phi) is 4.20. The molecule has 0 unspecified atom stereocenters. The number of carbonyl (C=O) groups excluding carboxylic acids is 1. The molecule has 0 bridgehead atoms. The molecule has 6 nitrogen and oxygen atoms in total. The fourth-order valence-electron chi connectivity index (χ4n) is 2.69. The van der Waals surface area contributed by atoms with Crippen LogP contribution in [0.5, 0.6) is 0 Å². The van der Waals surface area contributed by atoms with Gasteiger partial charge >= 0.3 is 5.97 Å². The summed E-state index contributed by atoms with van der Waals surface area (Å²) in [4.78, 5) is 12.3. The number of benzene rings is 1. The summed E-state index contributed by atoms with van der Waals surface area (Å²) in [6.45, 7) is 1.72. The number of rotatable bonds is 4. The van der Waals surface area contributed by atoms with Gasteiger partial charge in [-0.25, -0.2) is 4.79 Å². The van der Waals surface area contributed by atoms with Crippen LogP contribution in [-0.2, 0) is 9.47 Å². The van der Waals surface area contributed by atoms with Crippen LogP contribution in [0.3, 0.4) is 0 Å². The first-order chi connectivity index (χ1) is 10.7. The van der Waals surface area contributed by atoms with E-state index in [9.17, 15) is 4.79 Å². The van der Waals surface area contributed by atoms with E-state index in [2.05, 4.69) is 10.2 Å². The number of esters is 1. The van der Waals surface area contributed by atoms with E-state index in [1.165, 1.54) is 0 Å². The maximum absolute atomic E-state index is 12.3. The minimum absolute atomic E-state index is 0.00859. The number of nitrogens with zero attached hydrogens (tertiary/aromatic N) is 2. The Labute approximate surface area is 128 Å². The van der Waals surface area contributed by atoms with Crippen molar-refractivity contribution < 1.29 is 18.7 Å². The van der Waals surface area contributed by atoms with Crippen LogP contribution in [0.15, 0.2) is 28.7 Å². The third-order valence-electron chi connectivity index (χ3n) is 3.82. The number of hydrogen-bond acceptors (Lipinski definition) is 6. The largest absolute Gasteiger partial charge is 0.456 e. The Hall–Kier alpha value is -2.21. The molecule has 1 aliphatic carbocycles. The maximum Gasteiger partial charge on any atom is 0.338 e. The third-order valence-corrected chi connectivity index (χ3v) is 3.82. The Morgan fingerprint density at radius 2 is 2.09 bits per heavy atom. The summed E-state index contributed by atoms with van der Waals surface area (Å²) in [5, 5.41) is 7.75. The molecule has 3 rings (SSSR count). The van der Waals surface area contributed by atoms with Crippen molar-refractivity contribution in [3.05, 3.63) is 35.7 Å². The standard InChI is InChI=1S/C16H18N2O4/c1-10-17-18-15(21-10)11-5-3-6-12(9-11)16(19)22-14-8-4-7-13(14)20-2/h3,5-6,9,13-14H,4,7-8H2,1-2H3/t13-,14-/m1/s1. The van der Waals surface area contributed by atoms with Crippen molar-refractivity contribution in [1.29, 1.82) is 0 Å². The summed E-state index contributed by atoms with van der Waals surface area (Å²) in [7, 11) is 1.65. The lowest BCUT2D eigenvalue weighted by Crippen LogP contribution is -2.27. The van der Waals surface area contributed by atoms with E-state index in [1.54, 1.807) is 32.2 Å². The highest BCUT2D eigenvalue weighted by Crippen LogP contribution is 2.26. The molecule has 2 aromatic rings. The van der Waals surface area contributed by atoms with Crippen LogP contribution in [-0.4, -0.2) is 35.5 Å². The summed E-state index contributed by atoms with van der Waals surface area (Å²) < 4.78 is 16.3. The van der Waals surface area contributed by atoms with Gasteiger partial charge < -0.3 is 13.9 Å². The molecule has 1 heterocycles. The topological polar surface area (TPSA) is 74.5 Å². The molecule has 1 aromatic heterocycles. The van der Waals surface area contributed by atoms with Crippen LogP contribution in [0.25, 0.3) is 11.5 Å². The van der Waals surface area contributed by atoms with Gasteiger partial charge in [-0.1, -0.05) is 6.07 Å². The molecule has 0 radical (unpaired) electrons. The van der Waals surface area contributed by atoms with E-state index >= 15 is 0 Å². The molecule has 1 saturated carbocycles. The fraction of sp³-hybridized carbons (Fsp3) is 0.438. The highest BCUT2D eigenvalue weighted by molar-refractivity contribution is 5.90. The number of carbonyl (C=O) groups is 1. The van der Waals surface area contributed by atoms with E-state index in [4.69, 9.17) is 13.9 Å². The van der Waals surface area contributed by atoms with Crippen molar-refractivity contribution >= 4 is 5.97 Å². The van der Waals surface area contributed by atoms with Crippen molar-refractivity contribution in [2.45, 2.75) is 38.4 Å².